The lowest BCUT2D eigenvalue weighted by Crippen LogP contribution is -2.01. The second-order valence-corrected chi connectivity index (χ2v) is 3.75. The second kappa shape index (κ2) is 5.27. The van der Waals surface area contributed by atoms with Crippen molar-refractivity contribution in [3.63, 3.8) is 0 Å². The molecule has 1 aromatic carbocycles. The number of hydrogen-bond donors (Lipinski definition) is 1. The van der Waals surface area contributed by atoms with Gasteiger partial charge in [-0.15, -0.1) is 0 Å². The van der Waals surface area contributed by atoms with Gasteiger partial charge in [0.05, 0.1) is 16.7 Å². The van der Waals surface area contributed by atoms with Crippen molar-refractivity contribution in [3.8, 4) is 11.3 Å². The molecule has 0 spiro atoms. The van der Waals surface area contributed by atoms with Gasteiger partial charge >= 0.3 is 0 Å². The maximum atomic E-state index is 10.9. The molecule has 0 amide bonds. The highest BCUT2D eigenvalue weighted by molar-refractivity contribution is 5.65. The lowest BCUT2D eigenvalue weighted by atomic mass is 10.1. The fourth-order valence-electron chi connectivity index (χ4n) is 1.65. The zero-order valence-electron chi connectivity index (χ0n) is 9.96. The molecule has 0 saturated carbocycles. The van der Waals surface area contributed by atoms with E-state index >= 15 is 0 Å². The molecule has 0 aliphatic rings. The standard InChI is InChI=1S/C13H13N3O2/c1-2-14-13-9-11(16(17)18)8-12(15-13)10-6-4-3-5-7-10/h3-9H,2H2,1H3,(H,14,15). The molecule has 0 saturated heterocycles. The van der Waals surface area contributed by atoms with E-state index in [2.05, 4.69) is 10.3 Å². The summed E-state index contributed by atoms with van der Waals surface area (Å²) < 4.78 is 0. The molecule has 1 N–H and O–H groups in total. The summed E-state index contributed by atoms with van der Waals surface area (Å²) in [5.74, 6) is 0.519. The molecule has 2 aromatic rings. The number of benzene rings is 1. The van der Waals surface area contributed by atoms with E-state index in [4.69, 9.17) is 0 Å². The van der Waals surface area contributed by atoms with Gasteiger partial charge in [0.25, 0.3) is 5.69 Å². The van der Waals surface area contributed by atoms with Crippen LogP contribution in [-0.4, -0.2) is 16.5 Å². The molecule has 1 aromatic heterocycles. The van der Waals surface area contributed by atoms with Crippen LogP contribution in [0.3, 0.4) is 0 Å². The average Bonchev–Trinajstić information content (AvgIpc) is 2.40. The molecule has 0 aliphatic heterocycles. The van der Waals surface area contributed by atoms with E-state index in [-0.39, 0.29) is 5.69 Å². The highest BCUT2D eigenvalue weighted by atomic mass is 16.6. The number of rotatable bonds is 4. The van der Waals surface area contributed by atoms with Gasteiger partial charge in [-0.25, -0.2) is 4.98 Å². The van der Waals surface area contributed by atoms with Crippen LogP contribution in [0, 0.1) is 10.1 Å². The first-order valence-electron chi connectivity index (χ1n) is 5.66. The molecule has 18 heavy (non-hydrogen) atoms. The smallest absolute Gasteiger partial charge is 0.275 e. The molecule has 0 radical (unpaired) electrons. The largest absolute Gasteiger partial charge is 0.370 e. The van der Waals surface area contributed by atoms with Gasteiger partial charge in [0, 0.05) is 18.2 Å². The minimum Gasteiger partial charge on any atom is -0.370 e. The molecular weight excluding hydrogens is 230 g/mol. The van der Waals surface area contributed by atoms with Crippen molar-refractivity contribution in [2.24, 2.45) is 0 Å². The number of nitrogens with zero attached hydrogens (tertiary/aromatic N) is 2. The topological polar surface area (TPSA) is 68.1 Å². The predicted molar refractivity (Wildman–Crippen MR) is 70.5 cm³/mol. The van der Waals surface area contributed by atoms with E-state index in [0.29, 0.717) is 18.1 Å². The normalized spacial score (nSPS) is 10.1. The Bertz CT molecular complexity index is 555. The summed E-state index contributed by atoms with van der Waals surface area (Å²) in [7, 11) is 0. The summed E-state index contributed by atoms with van der Waals surface area (Å²) in [6.07, 6.45) is 0. The Morgan fingerprint density at radius 2 is 2.00 bits per heavy atom. The van der Waals surface area contributed by atoms with Crippen LogP contribution >= 0.6 is 0 Å². The molecule has 0 bridgehead atoms. The fourth-order valence-corrected chi connectivity index (χ4v) is 1.65. The SMILES string of the molecule is CCNc1cc([N+](=O)[O-])cc(-c2ccccc2)n1. The Balaban J connectivity index is 2.50. The number of hydrogen-bond acceptors (Lipinski definition) is 4. The molecule has 5 nitrogen and oxygen atoms in total. The monoisotopic (exact) mass is 243 g/mol. The number of nitrogens with one attached hydrogen (secondary N) is 1. The van der Waals surface area contributed by atoms with Crippen LogP contribution in [0.25, 0.3) is 11.3 Å². The summed E-state index contributed by atoms with van der Waals surface area (Å²) in [5.41, 5.74) is 1.50. The number of pyridine rings is 1. The molecule has 0 unspecified atom stereocenters. The Kier molecular flexibility index (Phi) is 3.52. The predicted octanol–water partition coefficient (Wildman–Crippen LogP) is 3.09. The lowest BCUT2D eigenvalue weighted by Gasteiger charge is -2.06. The van der Waals surface area contributed by atoms with Gasteiger partial charge < -0.3 is 5.32 Å². The Morgan fingerprint density at radius 1 is 1.28 bits per heavy atom. The van der Waals surface area contributed by atoms with Crippen LogP contribution in [0.5, 0.6) is 0 Å². The summed E-state index contributed by atoms with van der Waals surface area (Å²) >= 11 is 0. The molecular formula is C13H13N3O2. The Labute approximate surface area is 105 Å². The van der Waals surface area contributed by atoms with Gasteiger partial charge in [-0.1, -0.05) is 30.3 Å². The average molecular weight is 243 g/mol. The molecule has 2 rings (SSSR count). The molecule has 5 heteroatoms. The number of nitro groups is 1. The molecule has 0 aliphatic carbocycles. The van der Waals surface area contributed by atoms with Crippen molar-refractivity contribution in [2.75, 3.05) is 11.9 Å². The summed E-state index contributed by atoms with van der Waals surface area (Å²) in [5, 5.41) is 13.9. The minimum atomic E-state index is -0.408. The van der Waals surface area contributed by atoms with Gasteiger partial charge in [-0.3, -0.25) is 10.1 Å². The van der Waals surface area contributed by atoms with Crippen molar-refractivity contribution in [1.82, 2.24) is 4.98 Å². The van der Waals surface area contributed by atoms with Gasteiger partial charge in [-0.2, -0.15) is 0 Å². The van der Waals surface area contributed by atoms with E-state index in [1.165, 1.54) is 12.1 Å². The van der Waals surface area contributed by atoms with Gasteiger partial charge in [0.15, 0.2) is 0 Å². The fraction of sp³-hybridized carbons (Fsp3) is 0.154. The first kappa shape index (κ1) is 12.0. The summed E-state index contributed by atoms with van der Waals surface area (Å²) in [6, 6.07) is 12.3. The van der Waals surface area contributed by atoms with Crippen molar-refractivity contribution in [3.05, 3.63) is 52.6 Å². The Hall–Kier alpha value is -2.43. The highest BCUT2D eigenvalue weighted by Gasteiger charge is 2.11. The summed E-state index contributed by atoms with van der Waals surface area (Å²) in [4.78, 5) is 14.8. The second-order valence-electron chi connectivity index (χ2n) is 3.75. The van der Waals surface area contributed by atoms with Crippen LogP contribution in [0.1, 0.15) is 6.92 Å². The van der Waals surface area contributed by atoms with Gasteiger partial charge in [0.1, 0.15) is 5.82 Å². The molecule has 92 valence electrons. The highest BCUT2D eigenvalue weighted by Crippen LogP contribution is 2.24. The third kappa shape index (κ3) is 2.63. The number of aromatic nitrogens is 1. The maximum Gasteiger partial charge on any atom is 0.275 e. The quantitative estimate of drug-likeness (QED) is 0.661. The zero-order valence-corrected chi connectivity index (χ0v) is 9.96. The minimum absolute atomic E-state index is 0.0415. The lowest BCUT2D eigenvalue weighted by molar-refractivity contribution is -0.384. The van der Waals surface area contributed by atoms with Gasteiger partial charge in [-0.05, 0) is 6.92 Å². The third-order valence-electron chi connectivity index (χ3n) is 2.45. The van der Waals surface area contributed by atoms with E-state index in [1.807, 2.05) is 37.3 Å². The third-order valence-corrected chi connectivity index (χ3v) is 2.45. The van der Waals surface area contributed by atoms with E-state index in [9.17, 15) is 10.1 Å². The van der Waals surface area contributed by atoms with E-state index in [1.54, 1.807) is 0 Å². The molecule has 0 atom stereocenters. The zero-order chi connectivity index (χ0) is 13.0. The number of anilines is 1. The summed E-state index contributed by atoms with van der Waals surface area (Å²) in [6.45, 7) is 2.59. The van der Waals surface area contributed by atoms with E-state index < -0.39 is 4.92 Å². The van der Waals surface area contributed by atoms with Crippen LogP contribution in [0.4, 0.5) is 11.5 Å². The van der Waals surface area contributed by atoms with Crippen molar-refractivity contribution < 1.29 is 4.92 Å². The van der Waals surface area contributed by atoms with E-state index in [0.717, 1.165) is 5.56 Å². The maximum absolute atomic E-state index is 10.9. The first-order chi connectivity index (χ1) is 8.70. The van der Waals surface area contributed by atoms with Crippen molar-refractivity contribution in [2.45, 2.75) is 6.92 Å². The van der Waals surface area contributed by atoms with Crippen LogP contribution in [0.15, 0.2) is 42.5 Å². The first-order valence-corrected chi connectivity index (χ1v) is 5.66. The Morgan fingerprint density at radius 3 is 2.61 bits per heavy atom. The van der Waals surface area contributed by atoms with Crippen molar-refractivity contribution >= 4 is 11.5 Å². The molecule has 1 heterocycles. The van der Waals surface area contributed by atoms with Crippen LogP contribution < -0.4 is 5.32 Å². The van der Waals surface area contributed by atoms with Gasteiger partial charge in [0.2, 0.25) is 0 Å². The van der Waals surface area contributed by atoms with Crippen LogP contribution in [-0.2, 0) is 0 Å². The molecule has 0 fully saturated rings. The van der Waals surface area contributed by atoms with Crippen LogP contribution in [0.2, 0.25) is 0 Å². The van der Waals surface area contributed by atoms with Crippen molar-refractivity contribution in [1.29, 1.82) is 0 Å².